The van der Waals surface area contributed by atoms with E-state index in [1.807, 2.05) is 55.5 Å². The molecule has 0 atom stereocenters. The fourth-order valence-electron chi connectivity index (χ4n) is 2.86. The zero-order chi connectivity index (χ0) is 19.2. The summed E-state index contributed by atoms with van der Waals surface area (Å²) in [6.07, 6.45) is 0. The van der Waals surface area contributed by atoms with Crippen molar-refractivity contribution in [3.05, 3.63) is 95.1 Å². The van der Waals surface area contributed by atoms with E-state index in [1.54, 1.807) is 24.3 Å². The van der Waals surface area contributed by atoms with Crippen molar-refractivity contribution < 1.29 is 9.59 Å². The smallest absolute Gasteiger partial charge is 0.267 e. The quantitative estimate of drug-likeness (QED) is 0.519. The Balaban J connectivity index is 1.74. The molecule has 0 unspecified atom stereocenters. The van der Waals surface area contributed by atoms with Gasteiger partial charge in [-0.3, -0.25) is 20.4 Å². The fraction of sp³-hybridized carbons (Fsp3) is 0.0909. The molecule has 0 aliphatic heterocycles. The highest BCUT2D eigenvalue weighted by Crippen LogP contribution is 2.25. The van der Waals surface area contributed by atoms with Gasteiger partial charge >= 0.3 is 0 Å². The topological polar surface area (TPSA) is 58.2 Å². The summed E-state index contributed by atoms with van der Waals surface area (Å²) in [5, 5.41) is 0. The molecule has 27 heavy (non-hydrogen) atoms. The van der Waals surface area contributed by atoms with Gasteiger partial charge in [0.2, 0.25) is 0 Å². The van der Waals surface area contributed by atoms with E-state index in [1.165, 1.54) is 0 Å². The van der Waals surface area contributed by atoms with Gasteiger partial charge < -0.3 is 0 Å². The Morgan fingerprint density at radius 2 is 1.56 bits per heavy atom. The molecule has 0 fully saturated rings. The lowest BCUT2D eigenvalue weighted by Crippen LogP contribution is -2.41. The minimum Gasteiger partial charge on any atom is -0.267 e. The van der Waals surface area contributed by atoms with E-state index in [2.05, 4.69) is 10.9 Å². The van der Waals surface area contributed by atoms with Gasteiger partial charge in [-0.15, -0.1) is 11.6 Å². The normalized spacial score (nSPS) is 10.3. The average Bonchev–Trinajstić information content (AvgIpc) is 2.72. The summed E-state index contributed by atoms with van der Waals surface area (Å²) in [7, 11) is 0. The van der Waals surface area contributed by atoms with Crippen LogP contribution < -0.4 is 10.9 Å². The molecule has 5 heteroatoms. The number of carbonyl (C=O) groups excluding carboxylic acids is 2. The number of hydrogen-bond acceptors (Lipinski definition) is 2. The summed E-state index contributed by atoms with van der Waals surface area (Å²) in [4.78, 5) is 24.8. The van der Waals surface area contributed by atoms with E-state index in [4.69, 9.17) is 11.6 Å². The van der Waals surface area contributed by atoms with Crippen LogP contribution in [0.4, 0.5) is 0 Å². The van der Waals surface area contributed by atoms with E-state index in [9.17, 15) is 9.59 Å². The van der Waals surface area contributed by atoms with Gasteiger partial charge in [-0.25, -0.2) is 0 Å². The molecule has 0 aliphatic rings. The summed E-state index contributed by atoms with van der Waals surface area (Å²) in [5.41, 5.74) is 9.57. The molecule has 0 heterocycles. The monoisotopic (exact) mass is 378 g/mol. The van der Waals surface area contributed by atoms with Crippen molar-refractivity contribution in [3.63, 3.8) is 0 Å². The lowest BCUT2D eigenvalue weighted by atomic mass is 9.96. The molecule has 4 nitrogen and oxygen atoms in total. The van der Waals surface area contributed by atoms with Crippen molar-refractivity contribution in [2.75, 3.05) is 0 Å². The van der Waals surface area contributed by atoms with Crippen LogP contribution in [0.3, 0.4) is 0 Å². The van der Waals surface area contributed by atoms with Crippen molar-refractivity contribution in [2.45, 2.75) is 12.8 Å². The number of halogens is 1. The van der Waals surface area contributed by atoms with Gasteiger partial charge in [0, 0.05) is 17.0 Å². The second-order valence-corrected chi connectivity index (χ2v) is 6.35. The Bertz CT molecular complexity index is 971. The van der Waals surface area contributed by atoms with Crippen molar-refractivity contribution in [1.82, 2.24) is 10.9 Å². The lowest BCUT2D eigenvalue weighted by Gasteiger charge is -2.13. The van der Waals surface area contributed by atoms with Crippen LogP contribution in [0.2, 0.25) is 0 Å². The standard InChI is InChI=1S/C22H19ClN2O2/c1-15-19(17-8-3-2-4-9-17)11-6-12-20(15)22(27)25-24-21(26)18-10-5-7-16(13-18)14-23/h2-13H,14H2,1H3,(H,24,26)(H,25,27). The molecule has 0 bridgehead atoms. The fourth-order valence-corrected chi connectivity index (χ4v) is 3.03. The third-order valence-corrected chi connectivity index (χ3v) is 4.60. The highest BCUT2D eigenvalue weighted by atomic mass is 35.5. The highest BCUT2D eigenvalue weighted by molar-refractivity contribution is 6.17. The number of hydrazine groups is 1. The Morgan fingerprint density at radius 1 is 0.852 bits per heavy atom. The number of benzene rings is 3. The van der Waals surface area contributed by atoms with Crippen LogP contribution in [0, 0.1) is 6.92 Å². The molecule has 0 spiro atoms. The molecule has 3 aromatic carbocycles. The van der Waals surface area contributed by atoms with Crippen molar-refractivity contribution in [3.8, 4) is 11.1 Å². The van der Waals surface area contributed by atoms with Gasteiger partial charge in [-0.1, -0.05) is 54.6 Å². The molecule has 2 amide bonds. The molecule has 0 radical (unpaired) electrons. The molecule has 0 saturated heterocycles. The van der Waals surface area contributed by atoms with Gasteiger partial charge in [0.25, 0.3) is 11.8 Å². The van der Waals surface area contributed by atoms with Crippen LogP contribution in [-0.2, 0) is 5.88 Å². The van der Waals surface area contributed by atoms with Crippen LogP contribution in [0.5, 0.6) is 0 Å². The van der Waals surface area contributed by atoms with E-state index in [0.717, 1.165) is 22.3 Å². The molecule has 2 N–H and O–H groups in total. The Morgan fingerprint density at radius 3 is 2.30 bits per heavy atom. The first kappa shape index (κ1) is 18.7. The Kier molecular flexibility index (Phi) is 5.89. The Hall–Kier alpha value is -3.11. The van der Waals surface area contributed by atoms with Crippen molar-refractivity contribution >= 4 is 23.4 Å². The van der Waals surface area contributed by atoms with Crippen molar-refractivity contribution in [1.29, 1.82) is 0 Å². The zero-order valence-corrected chi connectivity index (χ0v) is 15.6. The van der Waals surface area contributed by atoms with Gasteiger partial charge in [-0.05, 0) is 47.4 Å². The molecule has 3 rings (SSSR count). The van der Waals surface area contributed by atoms with Gasteiger partial charge in [0.05, 0.1) is 0 Å². The van der Waals surface area contributed by atoms with Crippen molar-refractivity contribution in [2.24, 2.45) is 0 Å². The number of carbonyl (C=O) groups is 2. The average molecular weight is 379 g/mol. The SMILES string of the molecule is Cc1c(C(=O)NNC(=O)c2cccc(CCl)c2)cccc1-c1ccccc1. The maximum atomic E-state index is 12.6. The third kappa shape index (κ3) is 4.36. The first-order valence-corrected chi connectivity index (χ1v) is 9.04. The van der Waals surface area contributed by atoms with Crippen LogP contribution in [-0.4, -0.2) is 11.8 Å². The second-order valence-electron chi connectivity index (χ2n) is 6.09. The zero-order valence-electron chi connectivity index (χ0n) is 14.8. The minimum absolute atomic E-state index is 0.318. The molecular weight excluding hydrogens is 360 g/mol. The number of rotatable bonds is 4. The molecular formula is C22H19ClN2O2. The molecule has 0 saturated carbocycles. The number of alkyl halides is 1. The second kappa shape index (κ2) is 8.52. The van der Waals surface area contributed by atoms with E-state index in [-0.39, 0.29) is 5.91 Å². The predicted octanol–water partition coefficient (Wildman–Crippen LogP) is 4.48. The summed E-state index contributed by atoms with van der Waals surface area (Å²) < 4.78 is 0. The highest BCUT2D eigenvalue weighted by Gasteiger charge is 2.14. The van der Waals surface area contributed by atoms with Crippen LogP contribution in [0.1, 0.15) is 31.8 Å². The summed E-state index contributed by atoms with van der Waals surface area (Å²) in [6, 6.07) is 22.3. The number of hydrogen-bond donors (Lipinski definition) is 2. The van der Waals surface area contributed by atoms with Crippen LogP contribution >= 0.6 is 11.6 Å². The summed E-state index contributed by atoms with van der Waals surface area (Å²) >= 11 is 5.79. The largest absolute Gasteiger partial charge is 0.269 e. The van der Waals surface area contributed by atoms with Crippen LogP contribution in [0.15, 0.2) is 72.8 Å². The first-order valence-electron chi connectivity index (χ1n) is 8.51. The third-order valence-electron chi connectivity index (χ3n) is 4.30. The van der Waals surface area contributed by atoms with Gasteiger partial charge in [-0.2, -0.15) is 0 Å². The summed E-state index contributed by atoms with van der Waals surface area (Å²) in [6.45, 7) is 1.89. The molecule has 3 aromatic rings. The summed E-state index contributed by atoms with van der Waals surface area (Å²) in [5.74, 6) is -0.446. The van der Waals surface area contributed by atoms with Crippen LogP contribution in [0.25, 0.3) is 11.1 Å². The van der Waals surface area contributed by atoms with E-state index < -0.39 is 5.91 Å². The maximum Gasteiger partial charge on any atom is 0.269 e. The first-order chi connectivity index (χ1) is 13.1. The number of nitrogens with one attached hydrogen (secondary N) is 2. The van der Waals surface area contributed by atoms with Gasteiger partial charge in [0.1, 0.15) is 0 Å². The minimum atomic E-state index is -0.396. The Labute approximate surface area is 163 Å². The molecule has 0 aromatic heterocycles. The van der Waals surface area contributed by atoms with E-state index >= 15 is 0 Å². The predicted molar refractivity (Wildman–Crippen MR) is 108 cm³/mol. The maximum absolute atomic E-state index is 12.6. The van der Waals surface area contributed by atoms with Gasteiger partial charge in [0.15, 0.2) is 0 Å². The molecule has 136 valence electrons. The number of amides is 2. The molecule has 0 aliphatic carbocycles. The lowest BCUT2D eigenvalue weighted by molar-refractivity contribution is 0.0846. The van der Waals surface area contributed by atoms with E-state index in [0.29, 0.717) is 17.0 Å².